The summed E-state index contributed by atoms with van der Waals surface area (Å²) in [5.74, 6) is 0. The molecule has 20 heavy (non-hydrogen) atoms. The van der Waals surface area contributed by atoms with Gasteiger partial charge in [0.1, 0.15) is 0 Å². The number of rotatable bonds is 6. The Labute approximate surface area is 122 Å². The largest absolute Gasteiger partial charge is 0.376 e. The summed E-state index contributed by atoms with van der Waals surface area (Å²) in [4.78, 5) is 6.56. The molecular weight excluding hydrogens is 250 g/mol. The van der Waals surface area contributed by atoms with Gasteiger partial charge in [-0.15, -0.1) is 0 Å². The van der Waals surface area contributed by atoms with E-state index in [4.69, 9.17) is 4.74 Å². The number of anilines is 1. The van der Waals surface area contributed by atoms with Gasteiger partial charge in [-0.05, 0) is 25.3 Å². The van der Waals surface area contributed by atoms with Crippen molar-refractivity contribution in [3.05, 3.63) is 24.0 Å². The minimum atomic E-state index is 0.368. The number of aromatic nitrogens is 1. The van der Waals surface area contributed by atoms with Crippen molar-refractivity contribution in [2.45, 2.75) is 51.8 Å². The summed E-state index contributed by atoms with van der Waals surface area (Å²) in [6, 6.07) is 2.58. The summed E-state index contributed by atoms with van der Waals surface area (Å²) in [7, 11) is 2.15. The van der Waals surface area contributed by atoms with Crippen LogP contribution < -0.4 is 10.2 Å². The van der Waals surface area contributed by atoms with Crippen LogP contribution in [0.2, 0.25) is 0 Å². The molecule has 0 bridgehead atoms. The van der Waals surface area contributed by atoms with Gasteiger partial charge < -0.3 is 15.0 Å². The number of ether oxygens (including phenoxy) is 1. The van der Waals surface area contributed by atoms with Crippen molar-refractivity contribution in [2.75, 3.05) is 25.1 Å². The lowest BCUT2D eigenvalue weighted by atomic mass is 10.1. The van der Waals surface area contributed by atoms with Crippen LogP contribution in [0.4, 0.5) is 5.69 Å². The average Bonchev–Trinajstić information content (AvgIpc) is 2.46. The van der Waals surface area contributed by atoms with Crippen molar-refractivity contribution in [1.82, 2.24) is 10.3 Å². The molecule has 1 N–H and O–H groups in total. The van der Waals surface area contributed by atoms with E-state index < -0.39 is 0 Å². The highest BCUT2D eigenvalue weighted by Gasteiger charge is 2.17. The summed E-state index contributed by atoms with van der Waals surface area (Å²) in [6.45, 7) is 7.05. The van der Waals surface area contributed by atoms with E-state index in [9.17, 15) is 0 Å². The van der Waals surface area contributed by atoms with Gasteiger partial charge in [-0.1, -0.05) is 13.8 Å². The number of hydrogen-bond donors (Lipinski definition) is 1. The van der Waals surface area contributed by atoms with E-state index in [1.54, 1.807) is 0 Å². The molecule has 1 unspecified atom stereocenters. The van der Waals surface area contributed by atoms with Crippen LogP contribution in [0.25, 0.3) is 0 Å². The topological polar surface area (TPSA) is 37.4 Å². The minimum absolute atomic E-state index is 0.368. The Balaban J connectivity index is 1.98. The Hall–Kier alpha value is -1.13. The second kappa shape index (κ2) is 7.60. The zero-order valence-electron chi connectivity index (χ0n) is 12.9. The molecule has 0 amide bonds. The molecule has 1 fully saturated rings. The van der Waals surface area contributed by atoms with Crippen molar-refractivity contribution in [2.24, 2.45) is 0 Å². The molecule has 1 aliphatic heterocycles. The molecule has 1 aromatic heterocycles. The molecule has 0 aliphatic carbocycles. The van der Waals surface area contributed by atoms with E-state index in [-0.39, 0.29) is 0 Å². The highest BCUT2D eigenvalue weighted by Crippen LogP contribution is 2.21. The fourth-order valence-electron chi connectivity index (χ4n) is 2.60. The van der Waals surface area contributed by atoms with Gasteiger partial charge in [0, 0.05) is 56.4 Å². The Kier molecular flexibility index (Phi) is 5.80. The molecule has 0 spiro atoms. The van der Waals surface area contributed by atoms with Crippen LogP contribution in [0.3, 0.4) is 0 Å². The SMILES string of the molecule is CC(C)NCc1cnccc1N(C)CC1CCCCO1. The van der Waals surface area contributed by atoms with Gasteiger partial charge in [0.2, 0.25) is 0 Å². The van der Waals surface area contributed by atoms with Gasteiger partial charge in [-0.2, -0.15) is 0 Å². The third-order valence-electron chi connectivity index (χ3n) is 3.74. The van der Waals surface area contributed by atoms with Gasteiger partial charge >= 0.3 is 0 Å². The number of likely N-dealkylation sites (N-methyl/N-ethyl adjacent to an activating group) is 1. The molecule has 1 aliphatic rings. The lowest BCUT2D eigenvalue weighted by Crippen LogP contribution is -2.34. The maximum Gasteiger partial charge on any atom is 0.0749 e. The van der Waals surface area contributed by atoms with E-state index >= 15 is 0 Å². The predicted octanol–water partition coefficient (Wildman–Crippen LogP) is 2.58. The maximum atomic E-state index is 5.84. The quantitative estimate of drug-likeness (QED) is 0.867. The maximum absolute atomic E-state index is 5.84. The van der Waals surface area contributed by atoms with Crippen LogP contribution in [0, 0.1) is 0 Å². The number of pyridine rings is 1. The molecule has 0 aromatic carbocycles. The zero-order chi connectivity index (χ0) is 14.4. The molecule has 4 nitrogen and oxygen atoms in total. The lowest BCUT2D eigenvalue weighted by Gasteiger charge is -2.29. The highest BCUT2D eigenvalue weighted by molar-refractivity contribution is 5.51. The van der Waals surface area contributed by atoms with Crippen LogP contribution in [-0.4, -0.2) is 37.3 Å². The Morgan fingerprint density at radius 3 is 3.00 bits per heavy atom. The van der Waals surface area contributed by atoms with Crippen LogP contribution in [0.15, 0.2) is 18.5 Å². The summed E-state index contributed by atoms with van der Waals surface area (Å²) >= 11 is 0. The fourth-order valence-corrected chi connectivity index (χ4v) is 2.60. The average molecular weight is 277 g/mol. The van der Waals surface area contributed by atoms with Crippen molar-refractivity contribution >= 4 is 5.69 Å². The zero-order valence-corrected chi connectivity index (χ0v) is 12.9. The van der Waals surface area contributed by atoms with Crippen molar-refractivity contribution in [3.63, 3.8) is 0 Å². The molecule has 2 rings (SSSR count). The van der Waals surface area contributed by atoms with E-state index in [2.05, 4.69) is 42.2 Å². The molecule has 1 saturated heterocycles. The number of nitrogens with zero attached hydrogens (tertiary/aromatic N) is 2. The fraction of sp³-hybridized carbons (Fsp3) is 0.688. The Bertz CT molecular complexity index is 402. The number of nitrogens with one attached hydrogen (secondary N) is 1. The van der Waals surface area contributed by atoms with Crippen molar-refractivity contribution < 1.29 is 4.74 Å². The van der Waals surface area contributed by atoms with Gasteiger partial charge in [0.15, 0.2) is 0 Å². The standard InChI is InChI=1S/C16H27N3O/c1-13(2)18-11-14-10-17-8-7-16(14)19(3)12-15-6-4-5-9-20-15/h7-8,10,13,15,18H,4-6,9,11-12H2,1-3H3. The van der Waals surface area contributed by atoms with Crippen molar-refractivity contribution in [3.8, 4) is 0 Å². The first kappa shape index (κ1) is 15.3. The van der Waals surface area contributed by atoms with Crippen molar-refractivity contribution in [1.29, 1.82) is 0 Å². The van der Waals surface area contributed by atoms with E-state index in [1.165, 1.54) is 30.5 Å². The highest BCUT2D eigenvalue weighted by atomic mass is 16.5. The second-order valence-corrected chi connectivity index (χ2v) is 5.91. The first-order chi connectivity index (χ1) is 9.66. The van der Waals surface area contributed by atoms with Gasteiger partial charge in [-0.25, -0.2) is 0 Å². The normalized spacial score (nSPS) is 19.3. The van der Waals surface area contributed by atoms with E-state index in [0.29, 0.717) is 12.1 Å². The summed E-state index contributed by atoms with van der Waals surface area (Å²) in [5.41, 5.74) is 2.50. The molecule has 112 valence electrons. The monoisotopic (exact) mass is 277 g/mol. The minimum Gasteiger partial charge on any atom is -0.376 e. The van der Waals surface area contributed by atoms with Crippen LogP contribution in [-0.2, 0) is 11.3 Å². The molecule has 0 radical (unpaired) electrons. The number of hydrogen-bond acceptors (Lipinski definition) is 4. The van der Waals surface area contributed by atoms with Crippen LogP contribution in [0.5, 0.6) is 0 Å². The first-order valence-electron chi connectivity index (χ1n) is 7.66. The summed E-state index contributed by atoms with van der Waals surface area (Å²) in [6.07, 6.45) is 7.87. The third kappa shape index (κ3) is 4.46. The Morgan fingerprint density at radius 1 is 1.45 bits per heavy atom. The molecule has 0 saturated carbocycles. The van der Waals surface area contributed by atoms with Crippen LogP contribution in [0.1, 0.15) is 38.7 Å². The molecule has 1 atom stereocenters. The molecular formula is C16H27N3O. The summed E-state index contributed by atoms with van der Waals surface area (Å²) < 4.78 is 5.84. The third-order valence-corrected chi connectivity index (χ3v) is 3.74. The Morgan fingerprint density at radius 2 is 2.30 bits per heavy atom. The van der Waals surface area contributed by atoms with Gasteiger partial charge in [-0.3, -0.25) is 4.98 Å². The second-order valence-electron chi connectivity index (χ2n) is 5.91. The molecule has 4 heteroatoms. The lowest BCUT2D eigenvalue weighted by molar-refractivity contribution is 0.0216. The molecule has 1 aromatic rings. The van der Waals surface area contributed by atoms with E-state index in [1.807, 2.05) is 12.4 Å². The first-order valence-corrected chi connectivity index (χ1v) is 7.66. The van der Waals surface area contributed by atoms with Gasteiger partial charge in [0.05, 0.1) is 6.10 Å². The van der Waals surface area contributed by atoms with Crippen LogP contribution >= 0.6 is 0 Å². The van der Waals surface area contributed by atoms with Gasteiger partial charge in [0.25, 0.3) is 0 Å². The summed E-state index contributed by atoms with van der Waals surface area (Å²) in [5, 5.41) is 3.46. The molecule has 2 heterocycles. The predicted molar refractivity (Wildman–Crippen MR) is 83.1 cm³/mol. The van der Waals surface area contributed by atoms with E-state index in [0.717, 1.165) is 19.7 Å². The smallest absolute Gasteiger partial charge is 0.0749 e.